The molecule has 0 saturated carbocycles. The zero-order valence-corrected chi connectivity index (χ0v) is 13.5. The van der Waals surface area contributed by atoms with Crippen molar-refractivity contribution in [3.8, 4) is 5.75 Å². The van der Waals surface area contributed by atoms with Crippen molar-refractivity contribution in [3.63, 3.8) is 0 Å². The van der Waals surface area contributed by atoms with Crippen molar-refractivity contribution in [2.45, 2.75) is 12.5 Å². The normalized spacial score (nSPS) is 11.6. The van der Waals surface area contributed by atoms with Crippen LogP contribution in [0.1, 0.15) is 18.0 Å². The molecule has 23 heavy (non-hydrogen) atoms. The highest BCUT2D eigenvalue weighted by Gasteiger charge is 2.15. The van der Waals surface area contributed by atoms with Gasteiger partial charge in [0.05, 0.1) is 18.8 Å². The van der Waals surface area contributed by atoms with E-state index in [4.69, 9.17) is 16.3 Å². The molecule has 0 heterocycles. The number of methoxy groups -OCH3 is 1. The molecule has 0 unspecified atom stereocenters. The van der Waals surface area contributed by atoms with Gasteiger partial charge in [0.25, 0.3) is 0 Å². The Morgan fingerprint density at radius 2 is 2.00 bits per heavy atom. The topological polar surface area (TPSA) is 70.6 Å². The summed E-state index contributed by atoms with van der Waals surface area (Å²) in [6.07, 6.45) is 0.421. The van der Waals surface area contributed by atoms with E-state index in [-0.39, 0.29) is 12.6 Å². The average molecular weight is 335 g/mol. The Labute approximate surface area is 140 Å². The zero-order chi connectivity index (χ0) is 16.7. The van der Waals surface area contributed by atoms with Crippen LogP contribution >= 0.6 is 11.6 Å². The molecule has 2 amide bonds. The summed E-state index contributed by atoms with van der Waals surface area (Å²) in [6, 6.07) is 13.8. The molecule has 0 saturated heterocycles. The van der Waals surface area contributed by atoms with Crippen molar-refractivity contribution in [1.82, 2.24) is 5.32 Å². The monoisotopic (exact) mass is 334 g/mol. The number of carbonyl (C=O) groups is 1. The second-order valence-electron chi connectivity index (χ2n) is 4.92. The summed E-state index contributed by atoms with van der Waals surface area (Å²) in [4.78, 5) is 12.2. The molecule has 5 nitrogen and oxygen atoms in total. The fraction of sp³-hybridized carbons (Fsp3) is 0.235. The number of ether oxygens (including phenoxy) is 1. The van der Waals surface area contributed by atoms with Crippen LogP contribution in [-0.2, 0) is 0 Å². The van der Waals surface area contributed by atoms with Crippen LogP contribution < -0.4 is 15.4 Å². The number of aliphatic hydroxyl groups excluding tert-OH is 1. The second-order valence-corrected chi connectivity index (χ2v) is 5.36. The molecule has 0 aromatic heterocycles. The molecule has 2 aromatic rings. The summed E-state index contributed by atoms with van der Waals surface area (Å²) in [5.41, 5.74) is 1.41. The summed E-state index contributed by atoms with van der Waals surface area (Å²) >= 11 is 5.95. The van der Waals surface area contributed by atoms with Crippen molar-refractivity contribution in [2.75, 3.05) is 19.0 Å². The Morgan fingerprint density at radius 3 is 2.65 bits per heavy atom. The standard InChI is InChI=1S/C17H19ClN2O3/c1-23-16-8-7-13(18)11-15(16)20-17(22)19-14(9-10-21)12-5-3-2-4-6-12/h2-8,11,14,21H,9-10H2,1H3,(H2,19,20,22)/t14-/m1/s1. The van der Waals surface area contributed by atoms with E-state index in [1.54, 1.807) is 18.2 Å². The number of benzene rings is 2. The van der Waals surface area contributed by atoms with Crippen LogP contribution in [0.4, 0.5) is 10.5 Å². The lowest BCUT2D eigenvalue weighted by molar-refractivity contribution is 0.239. The Bertz CT molecular complexity index is 650. The molecule has 2 aromatic carbocycles. The van der Waals surface area contributed by atoms with Crippen LogP contribution in [0.25, 0.3) is 0 Å². The molecule has 0 aliphatic rings. The zero-order valence-electron chi connectivity index (χ0n) is 12.8. The third kappa shape index (κ3) is 4.87. The Kier molecular flexibility index (Phi) is 6.26. The second kappa shape index (κ2) is 8.41. The highest BCUT2D eigenvalue weighted by molar-refractivity contribution is 6.31. The fourth-order valence-corrected chi connectivity index (χ4v) is 2.40. The van der Waals surface area contributed by atoms with Gasteiger partial charge in [0, 0.05) is 11.6 Å². The van der Waals surface area contributed by atoms with Crippen molar-refractivity contribution in [2.24, 2.45) is 0 Å². The maximum absolute atomic E-state index is 12.2. The number of hydrogen-bond acceptors (Lipinski definition) is 3. The number of anilines is 1. The lowest BCUT2D eigenvalue weighted by atomic mass is 10.0. The van der Waals surface area contributed by atoms with E-state index in [1.165, 1.54) is 7.11 Å². The molecule has 0 spiro atoms. The summed E-state index contributed by atoms with van der Waals surface area (Å²) in [5, 5.41) is 15.3. The van der Waals surface area contributed by atoms with Gasteiger partial charge < -0.3 is 20.5 Å². The average Bonchev–Trinajstić information content (AvgIpc) is 2.55. The van der Waals surface area contributed by atoms with Gasteiger partial charge in [-0.25, -0.2) is 4.79 Å². The summed E-state index contributed by atoms with van der Waals surface area (Å²) in [7, 11) is 1.52. The molecular formula is C17H19ClN2O3. The molecule has 0 radical (unpaired) electrons. The van der Waals surface area contributed by atoms with E-state index < -0.39 is 6.03 Å². The summed E-state index contributed by atoms with van der Waals surface area (Å²) < 4.78 is 5.20. The molecule has 0 fully saturated rings. The quantitative estimate of drug-likeness (QED) is 0.756. The number of hydrogen-bond donors (Lipinski definition) is 3. The van der Waals surface area contributed by atoms with Crippen LogP contribution in [0.15, 0.2) is 48.5 Å². The lowest BCUT2D eigenvalue weighted by Gasteiger charge is -2.19. The minimum absolute atomic E-state index is 0.0275. The predicted molar refractivity (Wildman–Crippen MR) is 91.0 cm³/mol. The maximum Gasteiger partial charge on any atom is 0.319 e. The van der Waals surface area contributed by atoms with Crippen molar-refractivity contribution in [1.29, 1.82) is 0 Å². The van der Waals surface area contributed by atoms with Crippen molar-refractivity contribution < 1.29 is 14.6 Å². The van der Waals surface area contributed by atoms with E-state index in [9.17, 15) is 9.90 Å². The largest absolute Gasteiger partial charge is 0.495 e. The molecule has 3 N–H and O–H groups in total. The van der Waals surface area contributed by atoms with Crippen LogP contribution in [0.5, 0.6) is 5.75 Å². The Balaban J connectivity index is 2.09. The Hall–Kier alpha value is -2.24. The van der Waals surface area contributed by atoms with Gasteiger partial charge in [-0.15, -0.1) is 0 Å². The van der Waals surface area contributed by atoms with Gasteiger partial charge in [-0.3, -0.25) is 0 Å². The van der Waals surface area contributed by atoms with E-state index in [0.29, 0.717) is 22.9 Å². The number of urea groups is 1. The number of amides is 2. The smallest absolute Gasteiger partial charge is 0.319 e. The molecule has 0 bridgehead atoms. The molecule has 6 heteroatoms. The minimum atomic E-state index is -0.395. The van der Waals surface area contributed by atoms with Crippen molar-refractivity contribution >= 4 is 23.3 Å². The number of halogens is 1. The molecule has 1 atom stereocenters. The van der Waals surface area contributed by atoms with Crippen LogP contribution in [-0.4, -0.2) is 24.9 Å². The maximum atomic E-state index is 12.2. The van der Waals surface area contributed by atoms with Gasteiger partial charge in [0.2, 0.25) is 0 Å². The van der Waals surface area contributed by atoms with Crippen LogP contribution in [0.3, 0.4) is 0 Å². The molecule has 122 valence electrons. The van der Waals surface area contributed by atoms with E-state index >= 15 is 0 Å². The van der Waals surface area contributed by atoms with E-state index in [0.717, 1.165) is 5.56 Å². The first-order valence-electron chi connectivity index (χ1n) is 7.21. The lowest BCUT2D eigenvalue weighted by Crippen LogP contribution is -2.33. The molecule has 2 rings (SSSR count). The summed E-state index contributed by atoms with van der Waals surface area (Å²) in [5.74, 6) is 0.517. The minimum Gasteiger partial charge on any atom is -0.495 e. The molecule has 0 aliphatic carbocycles. The Morgan fingerprint density at radius 1 is 1.26 bits per heavy atom. The van der Waals surface area contributed by atoms with Gasteiger partial charge >= 0.3 is 6.03 Å². The predicted octanol–water partition coefficient (Wildman–Crippen LogP) is 3.59. The van der Waals surface area contributed by atoms with Gasteiger partial charge in [0.1, 0.15) is 5.75 Å². The number of aliphatic hydroxyl groups is 1. The number of nitrogens with one attached hydrogen (secondary N) is 2. The third-order valence-electron chi connectivity index (χ3n) is 3.33. The fourth-order valence-electron chi connectivity index (χ4n) is 2.23. The van der Waals surface area contributed by atoms with Gasteiger partial charge in [-0.1, -0.05) is 41.9 Å². The van der Waals surface area contributed by atoms with Gasteiger partial charge in [0.15, 0.2) is 0 Å². The SMILES string of the molecule is COc1ccc(Cl)cc1NC(=O)N[C@H](CCO)c1ccccc1. The van der Waals surface area contributed by atoms with Crippen molar-refractivity contribution in [3.05, 3.63) is 59.1 Å². The highest BCUT2D eigenvalue weighted by Crippen LogP contribution is 2.27. The van der Waals surface area contributed by atoms with Crippen LogP contribution in [0.2, 0.25) is 5.02 Å². The van der Waals surface area contributed by atoms with Crippen LogP contribution in [0, 0.1) is 0 Å². The molecule has 0 aliphatic heterocycles. The van der Waals surface area contributed by atoms with E-state index in [2.05, 4.69) is 10.6 Å². The first kappa shape index (κ1) is 17.1. The van der Waals surface area contributed by atoms with Gasteiger partial charge in [-0.2, -0.15) is 0 Å². The van der Waals surface area contributed by atoms with E-state index in [1.807, 2.05) is 30.3 Å². The highest BCUT2D eigenvalue weighted by atomic mass is 35.5. The summed E-state index contributed by atoms with van der Waals surface area (Å²) in [6.45, 7) is -0.0275. The number of rotatable bonds is 6. The molecular weight excluding hydrogens is 316 g/mol. The van der Waals surface area contributed by atoms with Gasteiger partial charge in [-0.05, 0) is 30.2 Å². The first-order valence-corrected chi connectivity index (χ1v) is 7.58. The third-order valence-corrected chi connectivity index (χ3v) is 3.57. The first-order chi connectivity index (χ1) is 11.1. The number of carbonyl (C=O) groups excluding carboxylic acids is 1.